The Labute approximate surface area is 207 Å². The number of nitrogens with zero attached hydrogens (tertiary/aromatic N) is 3. The van der Waals surface area contributed by atoms with Crippen molar-refractivity contribution < 1.29 is 4.74 Å². The Balaban J connectivity index is 1.84. The highest BCUT2D eigenvalue weighted by Gasteiger charge is 2.14. The van der Waals surface area contributed by atoms with Crippen LogP contribution in [0, 0.1) is 0 Å². The molecule has 0 amide bonds. The molecule has 36 heavy (non-hydrogen) atoms. The maximum Gasteiger partial charge on any atom is 0.289 e. The zero-order chi connectivity index (χ0) is 24.9. The minimum atomic E-state index is -0.515. The Kier molecular flexibility index (Phi) is 6.44. The lowest BCUT2D eigenvalue weighted by atomic mass is 10.2. The number of benzene rings is 4. The molecule has 1 heterocycles. The highest BCUT2D eigenvalue weighted by molar-refractivity contribution is 5.76. The number of ether oxygens (including phenoxy) is 1. The zero-order valence-electron chi connectivity index (χ0n) is 19.7. The van der Waals surface area contributed by atoms with Gasteiger partial charge >= 0.3 is 0 Å². The van der Waals surface area contributed by atoms with Gasteiger partial charge in [0.25, 0.3) is 11.1 Å². The smallest absolute Gasteiger partial charge is 0.289 e. The second-order valence-corrected chi connectivity index (χ2v) is 8.14. The maximum absolute atomic E-state index is 13.9. The predicted octanol–water partition coefficient (Wildman–Crippen LogP) is 4.14. The number of anilines is 1. The molecule has 0 aliphatic carbocycles. The van der Waals surface area contributed by atoms with E-state index in [2.05, 4.69) is 10.5 Å². The number of fused-ring (bicyclic) bond motifs is 1. The molecule has 0 fully saturated rings. The van der Waals surface area contributed by atoms with Crippen LogP contribution in [0.1, 0.15) is 5.56 Å². The first-order valence-electron chi connectivity index (χ1n) is 11.5. The third-order valence-corrected chi connectivity index (χ3v) is 5.85. The van der Waals surface area contributed by atoms with Crippen LogP contribution in [0.4, 0.5) is 5.69 Å². The molecule has 0 saturated carbocycles. The second kappa shape index (κ2) is 10.1. The van der Waals surface area contributed by atoms with Crippen LogP contribution in [0.5, 0.6) is 5.75 Å². The molecular weight excluding hydrogens is 452 g/mol. The highest BCUT2D eigenvalue weighted by Crippen LogP contribution is 2.17. The lowest BCUT2D eigenvalue weighted by Crippen LogP contribution is -2.45. The fourth-order valence-corrected chi connectivity index (χ4v) is 4.06. The van der Waals surface area contributed by atoms with E-state index in [0.717, 1.165) is 11.3 Å². The van der Waals surface area contributed by atoms with Gasteiger partial charge in [-0.3, -0.25) is 19.6 Å². The largest absolute Gasteiger partial charge is 0.497 e. The number of nitrogens with one attached hydrogen (secondary N) is 1. The van der Waals surface area contributed by atoms with Crippen LogP contribution in [-0.4, -0.2) is 16.2 Å². The number of rotatable bonds is 6. The van der Waals surface area contributed by atoms with Gasteiger partial charge < -0.3 is 9.30 Å². The summed E-state index contributed by atoms with van der Waals surface area (Å²) in [6, 6.07) is 33.3. The molecule has 0 aliphatic heterocycles. The Morgan fingerprint density at radius 1 is 0.722 bits per heavy atom. The molecule has 5 aromatic rings. The van der Waals surface area contributed by atoms with Gasteiger partial charge in [-0.05, 0) is 54.1 Å². The number of methoxy groups -OCH3 is 1. The Morgan fingerprint density at radius 2 is 1.33 bits per heavy atom. The molecule has 0 bridgehead atoms. The zero-order valence-corrected chi connectivity index (χ0v) is 19.7. The Hall–Kier alpha value is -4.91. The van der Waals surface area contributed by atoms with Gasteiger partial charge in [-0.25, -0.2) is 0 Å². The minimum absolute atomic E-state index is 0.215. The molecule has 0 radical (unpaired) electrons. The van der Waals surface area contributed by atoms with Crippen LogP contribution < -0.4 is 26.6 Å². The third kappa shape index (κ3) is 4.54. The minimum Gasteiger partial charge on any atom is -0.497 e. The van der Waals surface area contributed by atoms with E-state index in [9.17, 15) is 9.59 Å². The molecule has 4 aromatic carbocycles. The van der Waals surface area contributed by atoms with Gasteiger partial charge in [0.05, 0.1) is 30.4 Å². The SMILES string of the molecule is COc1ccc(Cn2c(=O)c(=NNc3ccccc3)c(=O)n(-c3ccccc3)c3ccccc32)cc1. The van der Waals surface area contributed by atoms with Gasteiger partial charge in [0.2, 0.25) is 5.36 Å². The number of hydrogen-bond acceptors (Lipinski definition) is 5. The van der Waals surface area contributed by atoms with Crippen molar-refractivity contribution >= 4 is 16.7 Å². The van der Waals surface area contributed by atoms with Gasteiger partial charge in [0.15, 0.2) is 0 Å². The van der Waals surface area contributed by atoms with Crippen molar-refractivity contribution in [2.75, 3.05) is 12.5 Å². The fraction of sp³-hybridized carbons (Fsp3) is 0.0690. The molecule has 7 nitrogen and oxygen atoms in total. The number of hydrogen-bond donors (Lipinski definition) is 1. The molecular formula is C29H24N4O3. The number of aromatic nitrogens is 2. The fourth-order valence-electron chi connectivity index (χ4n) is 4.06. The molecule has 178 valence electrons. The van der Waals surface area contributed by atoms with E-state index in [0.29, 0.717) is 22.4 Å². The van der Waals surface area contributed by atoms with Crippen molar-refractivity contribution in [1.29, 1.82) is 0 Å². The van der Waals surface area contributed by atoms with Crippen molar-refractivity contribution in [3.05, 3.63) is 141 Å². The summed E-state index contributed by atoms with van der Waals surface area (Å²) in [5.41, 5.74) is 5.27. The van der Waals surface area contributed by atoms with E-state index < -0.39 is 11.1 Å². The molecule has 0 unspecified atom stereocenters. The van der Waals surface area contributed by atoms with Gasteiger partial charge in [-0.1, -0.05) is 60.7 Å². The van der Waals surface area contributed by atoms with E-state index in [1.54, 1.807) is 11.7 Å². The Morgan fingerprint density at radius 3 is 2.00 bits per heavy atom. The van der Waals surface area contributed by atoms with Crippen molar-refractivity contribution in [2.45, 2.75) is 6.54 Å². The van der Waals surface area contributed by atoms with E-state index >= 15 is 0 Å². The molecule has 1 aromatic heterocycles. The summed E-state index contributed by atoms with van der Waals surface area (Å²) in [5, 5.41) is 4.10. The second-order valence-electron chi connectivity index (χ2n) is 8.14. The van der Waals surface area contributed by atoms with Crippen molar-refractivity contribution in [1.82, 2.24) is 9.13 Å². The summed E-state index contributed by atoms with van der Waals surface area (Å²) < 4.78 is 8.39. The van der Waals surface area contributed by atoms with Crippen LogP contribution >= 0.6 is 0 Å². The molecule has 0 aliphatic rings. The summed E-state index contributed by atoms with van der Waals surface area (Å²) in [4.78, 5) is 27.8. The molecule has 5 rings (SSSR count). The summed E-state index contributed by atoms with van der Waals surface area (Å²) in [6.07, 6.45) is 0. The van der Waals surface area contributed by atoms with Crippen molar-refractivity contribution in [3.63, 3.8) is 0 Å². The predicted molar refractivity (Wildman–Crippen MR) is 142 cm³/mol. The van der Waals surface area contributed by atoms with Crippen LogP contribution in [-0.2, 0) is 6.54 Å². The lowest BCUT2D eigenvalue weighted by Gasteiger charge is -2.10. The molecule has 0 saturated heterocycles. The number of para-hydroxylation sites is 4. The third-order valence-electron chi connectivity index (χ3n) is 5.85. The van der Waals surface area contributed by atoms with Gasteiger partial charge in [-0.15, -0.1) is 0 Å². The lowest BCUT2D eigenvalue weighted by molar-refractivity contribution is 0.414. The monoisotopic (exact) mass is 476 g/mol. The van der Waals surface area contributed by atoms with E-state index in [1.165, 1.54) is 4.57 Å². The maximum atomic E-state index is 13.9. The Bertz CT molecular complexity index is 1690. The van der Waals surface area contributed by atoms with E-state index in [-0.39, 0.29) is 11.9 Å². The normalized spacial score (nSPS) is 11.4. The summed E-state index contributed by atoms with van der Waals surface area (Å²) in [7, 11) is 1.61. The van der Waals surface area contributed by atoms with Gasteiger partial charge in [-0.2, -0.15) is 5.10 Å². The van der Waals surface area contributed by atoms with Crippen LogP contribution in [0.25, 0.3) is 16.7 Å². The van der Waals surface area contributed by atoms with Gasteiger partial charge in [0, 0.05) is 5.69 Å². The van der Waals surface area contributed by atoms with Crippen molar-refractivity contribution in [2.24, 2.45) is 5.10 Å². The van der Waals surface area contributed by atoms with Gasteiger partial charge in [0.1, 0.15) is 5.75 Å². The van der Waals surface area contributed by atoms with E-state index in [4.69, 9.17) is 4.74 Å². The molecule has 0 atom stereocenters. The molecule has 7 heteroatoms. The first-order chi connectivity index (χ1) is 17.7. The molecule has 1 N–H and O–H groups in total. The average molecular weight is 477 g/mol. The van der Waals surface area contributed by atoms with Crippen LogP contribution in [0.2, 0.25) is 0 Å². The summed E-state index contributed by atoms with van der Waals surface area (Å²) >= 11 is 0. The first-order valence-corrected chi connectivity index (χ1v) is 11.5. The van der Waals surface area contributed by atoms with Crippen LogP contribution in [0.3, 0.4) is 0 Å². The summed E-state index contributed by atoms with van der Waals surface area (Å²) in [5.74, 6) is 0.723. The summed E-state index contributed by atoms with van der Waals surface area (Å²) in [6.45, 7) is 0.250. The quantitative estimate of drug-likeness (QED) is 0.374. The van der Waals surface area contributed by atoms with E-state index in [1.807, 2.05) is 109 Å². The molecule has 0 spiro atoms. The van der Waals surface area contributed by atoms with Crippen LogP contribution in [0.15, 0.2) is 124 Å². The van der Waals surface area contributed by atoms with Crippen molar-refractivity contribution in [3.8, 4) is 11.4 Å². The average Bonchev–Trinajstić information content (AvgIpc) is 3.01. The first kappa shape index (κ1) is 22.9. The standard InChI is InChI=1S/C29H24N4O3/c1-36-24-18-16-21(17-19-24)20-32-25-14-8-9-15-26(25)33(23-12-6-3-7-13-23)29(35)27(28(32)34)31-30-22-10-4-2-5-11-22/h2-19,30H,20H2,1H3. The highest BCUT2D eigenvalue weighted by atomic mass is 16.5. The topological polar surface area (TPSA) is 77.6 Å².